The molecule has 0 aromatic heterocycles. The molecule has 11 heavy (non-hydrogen) atoms. The minimum absolute atomic E-state index is 0.737. The maximum absolute atomic E-state index is 5.63. The number of nitrogens with two attached hydrogens (primary N) is 1. The summed E-state index contributed by atoms with van der Waals surface area (Å²) < 4.78 is 0. The van der Waals surface area contributed by atoms with Gasteiger partial charge in [-0.15, -0.1) is 0 Å². The van der Waals surface area contributed by atoms with Crippen molar-refractivity contribution in [2.75, 3.05) is 19.6 Å². The molecule has 0 spiro atoms. The van der Waals surface area contributed by atoms with E-state index in [1.54, 1.807) is 0 Å². The average Bonchev–Trinajstić information content (AvgIpc) is 2.41. The van der Waals surface area contributed by atoms with Crippen molar-refractivity contribution >= 4 is 0 Å². The molecular weight excluding hydrogens is 136 g/mol. The highest BCUT2D eigenvalue weighted by molar-refractivity contribution is 5.05. The molecule has 3 atom stereocenters. The molecule has 1 saturated heterocycles. The number of rotatable bonds is 2. The standard InChI is InChI=1S/C9H18N2/c1-6(2)11-4-8-7(3-10)9(8)5-11/h6-9H,3-5,10H2,1-2H3/t7-,8-,9+. The van der Waals surface area contributed by atoms with Gasteiger partial charge in [-0.3, -0.25) is 0 Å². The Morgan fingerprint density at radius 3 is 2.27 bits per heavy atom. The van der Waals surface area contributed by atoms with Crippen LogP contribution in [0.1, 0.15) is 13.8 Å². The summed E-state index contributed by atoms with van der Waals surface area (Å²) in [6.45, 7) is 8.10. The van der Waals surface area contributed by atoms with Crippen LogP contribution in [0.4, 0.5) is 0 Å². The molecule has 2 heteroatoms. The molecule has 2 fully saturated rings. The number of piperidine rings is 1. The average molecular weight is 154 g/mol. The van der Waals surface area contributed by atoms with Gasteiger partial charge < -0.3 is 10.6 Å². The molecule has 2 aliphatic rings. The van der Waals surface area contributed by atoms with E-state index in [-0.39, 0.29) is 0 Å². The van der Waals surface area contributed by atoms with Crippen LogP contribution in [0.15, 0.2) is 0 Å². The predicted octanol–water partition coefficient (Wildman–Crippen LogP) is 0.531. The number of likely N-dealkylation sites (tertiary alicyclic amines) is 1. The molecule has 0 bridgehead atoms. The van der Waals surface area contributed by atoms with Crippen LogP contribution in [-0.2, 0) is 0 Å². The molecule has 0 unspecified atom stereocenters. The van der Waals surface area contributed by atoms with Gasteiger partial charge >= 0.3 is 0 Å². The Labute approximate surface area is 68.7 Å². The lowest BCUT2D eigenvalue weighted by Gasteiger charge is -2.22. The van der Waals surface area contributed by atoms with Crippen LogP contribution in [0.5, 0.6) is 0 Å². The van der Waals surface area contributed by atoms with Crippen molar-refractivity contribution in [3.8, 4) is 0 Å². The molecule has 2 nitrogen and oxygen atoms in total. The number of fused-ring (bicyclic) bond motifs is 1. The molecular formula is C9H18N2. The SMILES string of the molecule is CC(C)N1C[C@@H]2[C@@H](CN)[C@@H]2C1. The van der Waals surface area contributed by atoms with Crippen molar-refractivity contribution in [2.24, 2.45) is 23.5 Å². The van der Waals surface area contributed by atoms with E-state index < -0.39 is 0 Å². The van der Waals surface area contributed by atoms with Crippen LogP contribution in [-0.4, -0.2) is 30.6 Å². The van der Waals surface area contributed by atoms with E-state index in [4.69, 9.17) is 5.73 Å². The zero-order chi connectivity index (χ0) is 8.01. The van der Waals surface area contributed by atoms with Crippen molar-refractivity contribution < 1.29 is 0 Å². The van der Waals surface area contributed by atoms with Crippen LogP contribution in [0.2, 0.25) is 0 Å². The summed E-state index contributed by atoms with van der Waals surface area (Å²) in [4.78, 5) is 2.57. The minimum Gasteiger partial charge on any atom is -0.330 e. The van der Waals surface area contributed by atoms with Gasteiger partial charge in [0.05, 0.1) is 0 Å². The van der Waals surface area contributed by atoms with Gasteiger partial charge in [-0.05, 0) is 38.1 Å². The largest absolute Gasteiger partial charge is 0.330 e. The Kier molecular flexibility index (Phi) is 1.69. The minimum atomic E-state index is 0.737. The van der Waals surface area contributed by atoms with E-state index in [2.05, 4.69) is 18.7 Å². The van der Waals surface area contributed by atoms with Crippen molar-refractivity contribution in [2.45, 2.75) is 19.9 Å². The number of hydrogen-bond acceptors (Lipinski definition) is 2. The Bertz CT molecular complexity index is 144. The molecule has 1 aliphatic carbocycles. The van der Waals surface area contributed by atoms with Gasteiger partial charge in [0.2, 0.25) is 0 Å². The lowest BCUT2D eigenvalue weighted by atomic mass is 10.2. The lowest BCUT2D eigenvalue weighted by molar-refractivity contribution is 0.234. The van der Waals surface area contributed by atoms with E-state index >= 15 is 0 Å². The van der Waals surface area contributed by atoms with Crippen molar-refractivity contribution in [3.05, 3.63) is 0 Å². The van der Waals surface area contributed by atoms with Crippen LogP contribution in [0, 0.1) is 17.8 Å². The second kappa shape index (κ2) is 2.46. The molecule has 0 radical (unpaired) electrons. The first-order valence-electron chi connectivity index (χ1n) is 4.68. The molecule has 0 amide bonds. The summed E-state index contributed by atoms with van der Waals surface area (Å²) in [5.41, 5.74) is 5.63. The van der Waals surface area contributed by atoms with Crippen molar-refractivity contribution in [1.29, 1.82) is 0 Å². The van der Waals surface area contributed by atoms with Gasteiger partial charge in [-0.2, -0.15) is 0 Å². The summed E-state index contributed by atoms with van der Waals surface area (Å²) in [7, 11) is 0. The molecule has 1 aliphatic heterocycles. The molecule has 1 heterocycles. The van der Waals surface area contributed by atoms with Gasteiger partial charge in [-0.25, -0.2) is 0 Å². The zero-order valence-corrected chi connectivity index (χ0v) is 7.46. The van der Waals surface area contributed by atoms with E-state index in [9.17, 15) is 0 Å². The molecule has 1 saturated carbocycles. The highest BCUT2D eigenvalue weighted by Gasteiger charge is 2.54. The first-order chi connectivity index (χ1) is 5.24. The van der Waals surface area contributed by atoms with E-state index in [0.717, 1.165) is 30.3 Å². The molecule has 2 rings (SSSR count). The molecule has 2 N–H and O–H groups in total. The highest BCUT2D eigenvalue weighted by Crippen LogP contribution is 2.51. The first-order valence-corrected chi connectivity index (χ1v) is 4.68. The third-order valence-electron chi connectivity index (χ3n) is 3.40. The monoisotopic (exact) mass is 154 g/mol. The molecule has 64 valence electrons. The summed E-state index contributed by atoms with van der Waals surface area (Å²) in [6, 6.07) is 0.737. The van der Waals surface area contributed by atoms with Crippen LogP contribution in [0.25, 0.3) is 0 Å². The first kappa shape index (κ1) is 7.56. The summed E-state index contributed by atoms with van der Waals surface area (Å²) in [5.74, 6) is 2.80. The van der Waals surface area contributed by atoms with Gasteiger partial charge in [0, 0.05) is 19.1 Å². The van der Waals surface area contributed by atoms with Gasteiger partial charge in [0.1, 0.15) is 0 Å². The zero-order valence-electron chi connectivity index (χ0n) is 7.46. The van der Waals surface area contributed by atoms with E-state index in [1.165, 1.54) is 13.1 Å². The second-order valence-corrected chi connectivity index (χ2v) is 4.27. The molecule has 0 aromatic rings. The fourth-order valence-corrected chi connectivity index (χ4v) is 2.45. The van der Waals surface area contributed by atoms with E-state index in [1.807, 2.05) is 0 Å². The summed E-state index contributed by atoms with van der Waals surface area (Å²) >= 11 is 0. The Balaban J connectivity index is 1.85. The van der Waals surface area contributed by atoms with Crippen LogP contribution in [0.3, 0.4) is 0 Å². The Morgan fingerprint density at radius 1 is 1.36 bits per heavy atom. The second-order valence-electron chi connectivity index (χ2n) is 4.27. The van der Waals surface area contributed by atoms with Crippen molar-refractivity contribution in [3.63, 3.8) is 0 Å². The lowest BCUT2D eigenvalue weighted by Crippen LogP contribution is -2.32. The fourth-order valence-electron chi connectivity index (χ4n) is 2.45. The summed E-state index contributed by atoms with van der Waals surface area (Å²) in [5, 5.41) is 0. The maximum Gasteiger partial charge on any atom is 0.00388 e. The van der Waals surface area contributed by atoms with Gasteiger partial charge in [0.25, 0.3) is 0 Å². The van der Waals surface area contributed by atoms with Gasteiger partial charge in [0.15, 0.2) is 0 Å². The quantitative estimate of drug-likeness (QED) is 0.628. The Hall–Kier alpha value is -0.0800. The van der Waals surface area contributed by atoms with Crippen LogP contribution < -0.4 is 5.73 Å². The molecule has 0 aromatic carbocycles. The third kappa shape index (κ3) is 1.09. The summed E-state index contributed by atoms with van der Waals surface area (Å²) in [6.07, 6.45) is 0. The normalized spacial score (nSPS) is 43.1. The topological polar surface area (TPSA) is 29.3 Å². The Morgan fingerprint density at radius 2 is 1.91 bits per heavy atom. The van der Waals surface area contributed by atoms with Gasteiger partial charge in [-0.1, -0.05) is 0 Å². The highest BCUT2D eigenvalue weighted by atomic mass is 15.2. The van der Waals surface area contributed by atoms with Crippen molar-refractivity contribution in [1.82, 2.24) is 4.90 Å². The smallest absolute Gasteiger partial charge is 0.00388 e. The fraction of sp³-hybridized carbons (Fsp3) is 1.00. The van der Waals surface area contributed by atoms with E-state index in [0.29, 0.717) is 0 Å². The van der Waals surface area contributed by atoms with Crippen LogP contribution >= 0.6 is 0 Å². The third-order valence-corrected chi connectivity index (χ3v) is 3.40. The maximum atomic E-state index is 5.63. The number of nitrogens with zero attached hydrogens (tertiary/aromatic N) is 1. The number of hydrogen-bond donors (Lipinski definition) is 1. The predicted molar refractivity (Wildman–Crippen MR) is 46.2 cm³/mol.